The average Bonchev–Trinajstić information content (AvgIpc) is 3.07. The summed E-state index contributed by atoms with van der Waals surface area (Å²) in [5, 5.41) is 20.8. The molecule has 0 amide bonds. The molecule has 0 spiro atoms. The zero-order chi connectivity index (χ0) is 17.6. The van der Waals surface area contributed by atoms with Crippen molar-refractivity contribution >= 4 is 21.7 Å². The van der Waals surface area contributed by atoms with Gasteiger partial charge in [0.15, 0.2) is 0 Å². The molecule has 0 aliphatic rings. The minimum Gasteiger partial charge on any atom is -0.478 e. The van der Waals surface area contributed by atoms with E-state index in [-0.39, 0.29) is 29.3 Å². The molecule has 1 heterocycles. The first-order chi connectivity index (χ1) is 11.4. The third-order valence-electron chi connectivity index (χ3n) is 3.18. The van der Waals surface area contributed by atoms with Crippen LogP contribution in [-0.4, -0.2) is 37.8 Å². The van der Waals surface area contributed by atoms with E-state index in [4.69, 9.17) is 14.6 Å². The molecule has 8 nitrogen and oxygen atoms in total. The largest absolute Gasteiger partial charge is 0.478 e. The van der Waals surface area contributed by atoms with Crippen LogP contribution in [0.25, 0.3) is 0 Å². The summed E-state index contributed by atoms with van der Waals surface area (Å²) < 4.78 is 32.5. The van der Waals surface area contributed by atoms with Gasteiger partial charge in [0.2, 0.25) is 10.0 Å². The Balaban J connectivity index is 2.28. The first-order valence-electron chi connectivity index (χ1n) is 7.18. The molecule has 4 N–H and O–H groups in total. The summed E-state index contributed by atoms with van der Waals surface area (Å²) >= 11 is 0. The van der Waals surface area contributed by atoms with E-state index in [1.165, 1.54) is 18.4 Å². The highest BCUT2D eigenvalue weighted by Crippen LogP contribution is 2.23. The SMILES string of the molecule is O=C(O)c1ccc(NCCCO)c(S(=O)(=O)NCc2ccco2)c1. The highest BCUT2D eigenvalue weighted by Gasteiger charge is 2.21. The van der Waals surface area contributed by atoms with Crippen molar-refractivity contribution in [2.45, 2.75) is 17.9 Å². The molecule has 0 saturated carbocycles. The van der Waals surface area contributed by atoms with Crippen molar-refractivity contribution in [3.05, 3.63) is 47.9 Å². The van der Waals surface area contributed by atoms with Crippen LogP contribution in [0, 0.1) is 0 Å². The van der Waals surface area contributed by atoms with Crippen LogP contribution in [0.3, 0.4) is 0 Å². The van der Waals surface area contributed by atoms with Crippen molar-refractivity contribution in [2.75, 3.05) is 18.5 Å². The van der Waals surface area contributed by atoms with Gasteiger partial charge in [-0.1, -0.05) is 0 Å². The number of rotatable bonds is 9. The fourth-order valence-electron chi connectivity index (χ4n) is 1.98. The number of sulfonamides is 1. The molecule has 1 aromatic carbocycles. The fraction of sp³-hybridized carbons (Fsp3) is 0.267. The van der Waals surface area contributed by atoms with E-state index in [1.54, 1.807) is 12.1 Å². The average molecular weight is 354 g/mol. The Kier molecular flexibility index (Phi) is 5.96. The number of furan rings is 1. The second kappa shape index (κ2) is 7.95. The zero-order valence-corrected chi connectivity index (χ0v) is 13.5. The van der Waals surface area contributed by atoms with Crippen molar-refractivity contribution in [1.29, 1.82) is 0 Å². The molecule has 0 radical (unpaired) electrons. The topological polar surface area (TPSA) is 129 Å². The Morgan fingerprint density at radius 3 is 2.67 bits per heavy atom. The van der Waals surface area contributed by atoms with Crippen molar-refractivity contribution in [1.82, 2.24) is 4.72 Å². The second-order valence-corrected chi connectivity index (χ2v) is 6.66. The number of benzene rings is 1. The third kappa shape index (κ3) is 4.57. The van der Waals surface area contributed by atoms with Crippen LogP contribution in [-0.2, 0) is 16.6 Å². The number of nitrogens with one attached hydrogen (secondary N) is 2. The Morgan fingerprint density at radius 1 is 1.25 bits per heavy atom. The van der Waals surface area contributed by atoms with Crippen LogP contribution in [0.15, 0.2) is 45.9 Å². The van der Waals surface area contributed by atoms with E-state index in [0.717, 1.165) is 6.07 Å². The van der Waals surface area contributed by atoms with E-state index in [9.17, 15) is 13.2 Å². The Bertz CT molecular complexity index is 786. The summed E-state index contributed by atoms with van der Waals surface area (Å²) in [6.45, 7) is 0.255. The number of anilines is 1. The number of hydrogen-bond donors (Lipinski definition) is 4. The number of carboxylic acids is 1. The lowest BCUT2D eigenvalue weighted by atomic mass is 10.2. The summed E-state index contributed by atoms with van der Waals surface area (Å²) in [6, 6.07) is 7.05. The molecule has 2 aromatic rings. The highest BCUT2D eigenvalue weighted by molar-refractivity contribution is 7.89. The van der Waals surface area contributed by atoms with Crippen LogP contribution in [0.2, 0.25) is 0 Å². The molecule has 24 heavy (non-hydrogen) atoms. The molecule has 0 fully saturated rings. The molecule has 0 aliphatic heterocycles. The van der Waals surface area contributed by atoms with Gasteiger partial charge in [0, 0.05) is 13.2 Å². The van der Waals surface area contributed by atoms with E-state index < -0.39 is 16.0 Å². The normalized spacial score (nSPS) is 11.4. The van der Waals surface area contributed by atoms with Gasteiger partial charge >= 0.3 is 5.97 Å². The summed E-state index contributed by atoms with van der Waals surface area (Å²) in [7, 11) is -3.96. The molecule has 0 atom stereocenters. The summed E-state index contributed by atoms with van der Waals surface area (Å²) in [5.74, 6) is -0.790. The number of carbonyl (C=O) groups is 1. The lowest BCUT2D eigenvalue weighted by Crippen LogP contribution is -2.24. The van der Waals surface area contributed by atoms with E-state index in [2.05, 4.69) is 10.0 Å². The highest BCUT2D eigenvalue weighted by atomic mass is 32.2. The first kappa shape index (κ1) is 18.0. The quantitative estimate of drug-likeness (QED) is 0.499. The smallest absolute Gasteiger partial charge is 0.335 e. The predicted octanol–water partition coefficient (Wildman–Crippen LogP) is 1.25. The second-order valence-electron chi connectivity index (χ2n) is 4.92. The van der Waals surface area contributed by atoms with Crippen molar-refractivity contribution in [3.63, 3.8) is 0 Å². The molecule has 0 bridgehead atoms. The third-order valence-corrected chi connectivity index (χ3v) is 4.63. The standard InChI is InChI=1S/C15H18N2O6S/c18-7-2-6-16-13-5-4-11(15(19)20)9-14(13)24(21,22)17-10-12-3-1-8-23-12/h1,3-5,8-9,16-18H,2,6-7,10H2,(H,19,20). The summed E-state index contributed by atoms with van der Waals surface area (Å²) in [4.78, 5) is 10.9. The minimum atomic E-state index is -3.96. The number of aromatic carboxylic acids is 1. The number of carboxylic acid groups (broad SMARTS) is 1. The maximum absolute atomic E-state index is 12.5. The Hall–Kier alpha value is -2.36. The van der Waals surface area contributed by atoms with Gasteiger partial charge in [-0.15, -0.1) is 0 Å². The molecule has 130 valence electrons. The van der Waals surface area contributed by atoms with Crippen LogP contribution < -0.4 is 10.0 Å². The molecule has 0 unspecified atom stereocenters. The van der Waals surface area contributed by atoms with Gasteiger partial charge in [-0.3, -0.25) is 0 Å². The molecule has 0 saturated heterocycles. The van der Waals surface area contributed by atoms with Gasteiger partial charge < -0.3 is 19.9 Å². The molecule has 2 rings (SSSR count). The number of hydrogen-bond acceptors (Lipinski definition) is 6. The molecule has 0 aliphatic carbocycles. The van der Waals surface area contributed by atoms with Gasteiger partial charge in [-0.05, 0) is 36.8 Å². The number of aliphatic hydroxyl groups is 1. The predicted molar refractivity (Wildman–Crippen MR) is 86.3 cm³/mol. The summed E-state index contributed by atoms with van der Waals surface area (Å²) in [5.41, 5.74) is 0.126. The maximum Gasteiger partial charge on any atom is 0.335 e. The lowest BCUT2D eigenvalue weighted by molar-refractivity contribution is 0.0696. The molecular weight excluding hydrogens is 336 g/mol. The van der Waals surface area contributed by atoms with Crippen molar-refractivity contribution in [3.8, 4) is 0 Å². The Morgan fingerprint density at radius 2 is 2.04 bits per heavy atom. The van der Waals surface area contributed by atoms with Crippen molar-refractivity contribution in [2.24, 2.45) is 0 Å². The Labute approximate surface area is 139 Å². The maximum atomic E-state index is 12.5. The zero-order valence-electron chi connectivity index (χ0n) is 12.7. The minimum absolute atomic E-state index is 0.0426. The van der Waals surface area contributed by atoms with Crippen LogP contribution in [0.1, 0.15) is 22.5 Å². The lowest BCUT2D eigenvalue weighted by Gasteiger charge is -2.13. The van der Waals surface area contributed by atoms with Crippen LogP contribution in [0.4, 0.5) is 5.69 Å². The fourth-order valence-corrected chi connectivity index (χ4v) is 3.18. The first-order valence-corrected chi connectivity index (χ1v) is 8.66. The van der Waals surface area contributed by atoms with Gasteiger partial charge in [-0.25, -0.2) is 17.9 Å². The van der Waals surface area contributed by atoms with Crippen LogP contribution >= 0.6 is 0 Å². The van der Waals surface area contributed by atoms with E-state index in [0.29, 0.717) is 18.7 Å². The van der Waals surface area contributed by atoms with Gasteiger partial charge in [0.25, 0.3) is 0 Å². The van der Waals surface area contributed by atoms with Crippen molar-refractivity contribution < 1.29 is 27.8 Å². The van der Waals surface area contributed by atoms with E-state index >= 15 is 0 Å². The van der Waals surface area contributed by atoms with Gasteiger partial charge in [0.1, 0.15) is 10.7 Å². The molecule has 9 heteroatoms. The summed E-state index contributed by atoms with van der Waals surface area (Å²) in [6.07, 6.45) is 1.86. The van der Waals surface area contributed by atoms with E-state index in [1.807, 2.05) is 0 Å². The number of aliphatic hydroxyl groups excluding tert-OH is 1. The molecule has 1 aromatic heterocycles. The van der Waals surface area contributed by atoms with Crippen LogP contribution in [0.5, 0.6) is 0 Å². The monoisotopic (exact) mass is 354 g/mol. The van der Waals surface area contributed by atoms with Gasteiger partial charge in [-0.2, -0.15) is 0 Å². The molecular formula is C15H18N2O6S. The van der Waals surface area contributed by atoms with Gasteiger partial charge in [0.05, 0.1) is 24.1 Å².